The van der Waals surface area contributed by atoms with E-state index in [9.17, 15) is 18.0 Å². The molecule has 0 spiro atoms. The van der Waals surface area contributed by atoms with E-state index in [4.69, 9.17) is 0 Å². The van der Waals surface area contributed by atoms with Crippen molar-refractivity contribution < 1.29 is 18.0 Å². The van der Waals surface area contributed by atoms with Crippen LogP contribution in [0.1, 0.15) is 30.6 Å². The van der Waals surface area contributed by atoms with Gasteiger partial charge in [0.1, 0.15) is 6.54 Å². The van der Waals surface area contributed by atoms with Crippen molar-refractivity contribution in [3.8, 4) is 0 Å². The van der Waals surface area contributed by atoms with Crippen LogP contribution in [0.4, 0.5) is 11.4 Å². The molecule has 1 atom stereocenters. The molecule has 3 aromatic rings. The molecule has 0 heterocycles. The summed E-state index contributed by atoms with van der Waals surface area (Å²) in [5.74, 6) is -0.851. The smallest absolute Gasteiger partial charge is 0.253 e. The number of anilines is 2. The summed E-state index contributed by atoms with van der Waals surface area (Å²) in [7, 11) is -3.75. The third-order valence-corrected chi connectivity index (χ3v) is 6.28. The van der Waals surface area contributed by atoms with Crippen LogP contribution in [0.25, 0.3) is 10.8 Å². The van der Waals surface area contributed by atoms with Crippen LogP contribution in [0.15, 0.2) is 66.7 Å². The van der Waals surface area contributed by atoms with Crippen molar-refractivity contribution in [3.05, 3.63) is 72.3 Å². The Bertz CT molecular complexity index is 1240. The Morgan fingerprint density at radius 3 is 2.34 bits per heavy atom. The predicted octanol–water partition coefficient (Wildman–Crippen LogP) is 3.77. The van der Waals surface area contributed by atoms with Crippen molar-refractivity contribution in [3.63, 3.8) is 0 Å². The minimum Gasteiger partial charge on any atom is -0.350 e. The Morgan fingerprint density at radius 1 is 0.969 bits per heavy atom. The molecule has 0 aromatic heterocycles. The number of rotatable bonds is 8. The number of hydrogen-bond donors (Lipinski definition) is 2. The second-order valence-electron chi connectivity index (χ2n) is 7.64. The van der Waals surface area contributed by atoms with Gasteiger partial charge in [0, 0.05) is 11.4 Å². The van der Waals surface area contributed by atoms with Gasteiger partial charge in [0.05, 0.1) is 23.2 Å². The Balaban J connectivity index is 1.88. The molecule has 2 N–H and O–H groups in total. The highest BCUT2D eigenvalue weighted by Crippen LogP contribution is 2.28. The first kappa shape index (κ1) is 23.3. The van der Waals surface area contributed by atoms with E-state index in [-0.39, 0.29) is 11.9 Å². The van der Waals surface area contributed by atoms with Crippen molar-refractivity contribution in [1.82, 2.24) is 5.32 Å². The highest BCUT2D eigenvalue weighted by atomic mass is 32.2. The number of sulfonamides is 1. The molecule has 0 aliphatic heterocycles. The first-order chi connectivity index (χ1) is 15.2. The lowest BCUT2D eigenvalue weighted by atomic mass is 10.1. The van der Waals surface area contributed by atoms with E-state index in [0.29, 0.717) is 16.9 Å². The number of fused-ring (bicyclic) bond motifs is 1. The van der Waals surface area contributed by atoms with Crippen LogP contribution in [0.5, 0.6) is 0 Å². The third kappa shape index (κ3) is 5.45. The van der Waals surface area contributed by atoms with Gasteiger partial charge in [0.2, 0.25) is 15.9 Å². The van der Waals surface area contributed by atoms with Crippen LogP contribution < -0.4 is 14.9 Å². The molecule has 0 saturated carbocycles. The number of para-hydroxylation sites is 1. The van der Waals surface area contributed by atoms with Gasteiger partial charge in [0.25, 0.3) is 5.91 Å². The van der Waals surface area contributed by atoms with E-state index in [1.165, 1.54) is 0 Å². The van der Waals surface area contributed by atoms with E-state index in [0.717, 1.165) is 27.8 Å². The summed E-state index contributed by atoms with van der Waals surface area (Å²) in [5.41, 5.74) is 1.06. The zero-order chi connectivity index (χ0) is 23.3. The molecule has 3 rings (SSSR count). The van der Waals surface area contributed by atoms with Crippen LogP contribution in [0.2, 0.25) is 0 Å². The monoisotopic (exact) mass is 453 g/mol. The second-order valence-corrected chi connectivity index (χ2v) is 9.55. The normalized spacial score (nSPS) is 12.2. The van der Waals surface area contributed by atoms with Crippen molar-refractivity contribution >= 4 is 44.0 Å². The van der Waals surface area contributed by atoms with Gasteiger partial charge in [-0.2, -0.15) is 0 Å². The van der Waals surface area contributed by atoms with Gasteiger partial charge < -0.3 is 10.6 Å². The summed E-state index contributed by atoms with van der Waals surface area (Å²) >= 11 is 0. The van der Waals surface area contributed by atoms with Gasteiger partial charge in [-0.3, -0.25) is 13.9 Å². The molecule has 0 aliphatic rings. The van der Waals surface area contributed by atoms with Crippen molar-refractivity contribution in [2.45, 2.75) is 26.3 Å². The summed E-state index contributed by atoms with van der Waals surface area (Å²) in [4.78, 5) is 25.5. The van der Waals surface area contributed by atoms with Crippen LogP contribution in [0.3, 0.4) is 0 Å². The second kappa shape index (κ2) is 9.82. The van der Waals surface area contributed by atoms with E-state index >= 15 is 0 Å². The first-order valence-corrected chi connectivity index (χ1v) is 12.2. The fourth-order valence-electron chi connectivity index (χ4n) is 3.32. The number of carbonyl (C=O) groups excluding carboxylic acids is 2. The van der Waals surface area contributed by atoms with Gasteiger partial charge >= 0.3 is 0 Å². The summed E-state index contributed by atoms with van der Waals surface area (Å²) in [5, 5.41) is 7.16. The fourth-order valence-corrected chi connectivity index (χ4v) is 4.19. The molecule has 7 nitrogen and oxygen atoms in total. The molecule has 3 aromatic carbocycles. The average Bonchev–Trinajstić information content (AvgIpc) is 2.76. The molecule has 32 heavy (non-hydrogen) atoms. The standard InChI is InChI=1S/C24H27N3O4S/c1-4-17(2)25-24(29)20-13-7-8-14-21(20)26-23(28)16-27(32(3,30)31)22-15-9-11-18-10-5-6-12-19(18)22/h5-15,17H,4,16H2,1-3H3,(H,25,29)(H,26,28)/t17-/m1/s1. The Kier molecular flexibility index (Phi) is 7.15. The van der Waals surface area contributed by atoms with Crippen LogP contribution in [0, 0.1) is 0 Å². The van der Waals surface area contributed by atoms with Crippen molar-refractivity contribution in [1.29, 1.82) is 0 Å². The van der Waals surface area contributed by atoms with Gasteiger partial charge in [-0.15, -0.1) is 0 Å². The lowest BCUT2D eigenvalue weighted by Crippen LogP contribution is -2.38. The lowest BCUT2D eigenvalue weighted by molar-refractivity contribution is -0.114. The summed E-state index contributed by atoms with van der Waals surface area (Å²) in [6.07, 6.45) is 1.84. The predicted molar refractivity (Wildman–Crippen MR) is 128 cm³/mol. The topological polar surface area (TPSA) is 95.6 Å². The molecule has 0 bridgehead atoms. The highest BCUT2D eigenvalue weighted by Gasteiger charge is 2.23. The molecule has 0 unspecified atom stereocenters. The number of hydrogen-bond acceptors (Lipinski definition) is 4. The molecule has 0 saturated heterocycles. The Morgan fingerprint density at radius 2 is 1.62 bits per heavy atom. The zero-order valence-corrected chi connectivity index (χ0v) is 19.1. The molecular weight excluding hydrogens is 426 g/mol. The summed E-state index contributed by atoms with van der Waals surface area (Å²) in [6, 6.07) is 19.3. The van der Waals surface area contributed by atoms with Crippen LogP contribution in [-0.4, -0.2) is 39.1 Å². The molecule has 168 valence electrons. The fraction of sp³-hybridized carbons (Fsp3) is 0.250. The number of nitrogens with zero attached hydrogens (tertiary/aromatic N) is 1. The molecule has 0 aliphatic carbocycles. The summed E-state index contributed by atoms with van der Waals surface area (Å²) in [6.45, 7) is 3.44. The van der Waals surface area contributed by atoms with Crippen LogP contribution >= 0.6 is 0 Å². The minimum atomic E-state index is -3.75. The molecule has 2 amide bonds. The van der Waals surface area contributed by atoms with Gasteiger partial charge in [0.15, 0.2) is 0 Å². The zero-order valence-electron chi connectivity index (χ0n) is 18.3. The van der Waals surface area contributed by atoms with E-state index < -0.39 is 22.5 Å². The quantitative estimate of drug-likeness (QED) is 0.543. The number of amides is 2. The van der Waals surface area contributed by atoms with Crippen molar-refractivity contribution in [2.24, 2.45) is 0 Å². The first-order valence-electron chi connectivity index (χ1n) is 10.4. The Labute approximate surface area is 188 Å². The van der Waals surface area contributed by atoms with Gasteiger partial charge in [-0.25, -0.2) is 8.42 Å². The molecule has 0 fully saturated rings. The highest BCUT2D eigenvalue weighted by molar-refractivity contribution is 7.92. The maximum atomic E-state index is 12.9. The Hall–Kier alpha value is -3.39. The molecule has 0 radical (unpaired) electrons. The SMILES string of the molecule is CC[C@@H](C)NC(=O)c1ccccc1NC(=O)CN(c1cccc2ccccc12)S(C)(=O)=O. The third-order valence-electron chi connectivity index (χ3n) is 5.16. The maximum absolute atomic E-state index is 12.9. The van der Waals surface area contributed by atoms with Crippen LogP contribution in [-0.2, 0) is 14.8 Å². The van der Waals surface area contributed by atoms with E-state index in [1.807, 2.05) is 44.2 Å². The maximum Gasteiger partial charge on any atom is 0.253 e. The largest absolute Gasteiger partial charge is 0.350 e. The van der Waals surface area contributed by atoms with Gasteiger partial charge in [-0.05, 0) is 36.9 Å². The lowest BCUT2D eigenvalue weighted by Gasteiger charge is -2.23. The van der Waals surface area contributed by atoms with E-state index in [2.05, 4.69) is 10.6 Å². The number of carbonyl (C=O) groups is 2. The summed E-state index contributed by atoms with van der Waals surface area (Å²) < 4.78 is 26.2. The molecule has 8 heteroatoms. The number of nitrogens with one attached hydrogen (secondary N) is 2. The minimum absolute atomic E-state index is 0.0154. The number of benzene rings is 3. The average molecular weight is 454 g/mol. The van der Waals surface area contributed by atoms with Crippen molar-refractivity contribution in [2.75, 3.05) is 22.4 Å². The van der Waals surface area contributed by atoms with E-state index in [1.54, 1.807) is 36.4 Å². The molecular formula is C24H27N3O4S. The van der Waals surface area contributed by atoms with Gasteiger partial charge in [-0.1, -0.05) is 55.5 Å².